The van der Waals surface area contributed by atoms with Crippen LogP contribution in [0.15, 0.2) is 22.7 Å². The summed E-state index contributed by atoms with van der Waals surface area (Å²) in [5.41, 5.74) is 6.55. The molecular formula is C12H15BrN4. The molecule has 0 amide bonds. The lowest BCUT2D eigenvalue weighted by Crippen LogP contribution is -2.06. The summed E-state index contributed by atoms with van der Waals surface area (Å²) in [4.78, 5) is 8.48. The lowest BCUT2D eigenvalue weighted by molar-refractivity contribution is 0.832. The van der Waals surface area contributed by atoms with Crippen LogP contribution in [0, 0.1) is 0 Å². The smallest absolute Gasteiger partial charge is 0.222 e. The van der Waals surface area contributed by atoms with Gasteiger partial charge in [-0.25, -0.2) is 4.98 Å². The molecule has 0 saturated carbocycles. The average molecular weight is 295 g/mol. The monoisotopic (exact) mass is 294 g/mol. The molecule has 0 fully saturated rings. The van der Waals surface area contributed by atoms with Crippen molar-refractivity contribution >= 4 is 38.6 Å². The third-order valence-electron chi connectivity index (χ3n) is 2.51. The molecule has 3 N–H and O–H groups in total. The lowest BCUT2D eigenvalue weighted by Gasteiger charge is -2.10. The summed E-state index contributed by atoms with van der Waals surface area (Å²) in [6, 6.07) is 5.85. The van der Waals surface area contributed by atoms with Crippen LogP contribution in [0.2, 0.25) is 0 Å². The summed E-state index contributed by atoms with van der Waals surface area (Å²) < 4.78 is 0.981. The van der Waals surface area contributed by atoms with E-state index in [0.29, 0.717) is 5.95 Å². The van der Waals surface area contributed by atoms with Crippen LogP contribution in [-0.4, -0.2) is 16.5 Å². The van der Waals surface area contributed by atoms with Crippen molar-refractivity contribution in [1.29, 1.82) is 0 Å². The number of benzene rings is 1. The standard InChI is InChI=1S/C12H15BrN4/c1-2-3-7-15-11-10-8(13)5-4-6-9(10)16-12(14)17-11/h4-6H,2-3,7H2,1H3,(H3,14,15,16,17). The Labute approximate surface area is 109 Å². The predicted molar refractivity (Wildman–Crippen MR) is 75.0 cm³/mol. The molecule has 17 heavy (non-hydrogen) atoms. The minimum absolute atomic E-state index is 0.301. The number of nitrogen functional groups attached to an aromatic ring is 1. The topological polar surface area (TPSA) is 63.8 Å². The van der Waals surface area contributed by atoms with Crippen molar-refractivity contribution in [2.75, 3.05) is 17.6 Å². The second-order valence-corrected chi connectivity index (χ2v) is 4.70. The lowest BCUT2D eigenvalue weighted by atomic mass is 10.2. The number of anilines is 2. The zero-order valence-corrected chi connectivity index (χ0v) is 11.3. The number of fused-ring (bicyclic) bond motifs is 1. The molecule has 0 saturated heterocycles. The van der Waals surface area contributed by atoms with Crippen LogP contribution in [0.1, 0.15) is 19.8 Å². The maximum atomic E-state index is 5.70. The van der Waals surface area contributed by atoms with Crippen molar-refractivity contribution in [2.24, 2.45) is 0 Å². The van der Waals surface area contributed by atoms with Gasteiger partial charge >= 0.3 is 0 Å². The molecule has 0 unspecified atom stereocenters. The van der Waals surface area contributed by atoms with Gasteiger partial charge in [0.25, 0.3) is 0 Å². The van der Waals surface area contributed by atoms with Gasteiger partial charge in [0.15, 0.2) is 0 Å². The number of unbranched alkanes of at least 4 members (excludes halogenated alkanes) is 1. The first-order valence-corrected chi connectivity index (χ1v) is 6.47. The van der Waals surface area contributed by atoms with Gasteiger partial charge in [0.2, 0.25) is 5.95 Å². The number of halogens is 1. The molecule has 0 aliphatic rings. The molecule has 1 heterocycles. The highest BCUT2D eigenvalue weighted by molar-refractivity contribution is 9.10. The van der Waals surface area contributed by atoms with E-state index in [1.165, 1.54) is 0 Å². The number of hydrogen-bond donors (Lipinski definition) is 2. The molecule has 0 atom stereocenters. The maximum absolute atomic E-state index is 5.70. The van der Waals surface area contributed by atoms with Crippen molar-refractivity contribution in [3.63, 3.8) is 0 Å². The van der Waals surface area contributed by atoms with Crippen LogP contribution in [-0.2, 0) is 0 Å². The summed E-state index contributed by atoms with van der Waals surface area (Å²) in [6.45, 7) is 3.05. The maximum Gasteiger partial charge on any atom is 0.222 e. The summed E-state index contributed by atoms with van der Waals surface area (Å²) in [7, 11) is 0. The van der Waals surface area contributed by atoms with Crippen molar-refractivity contribution < 1.29 is 0 Å². The fraction of sp³-hybridized carbons (Fsp3) is 0.333. The van der Waals surface area contributed by atoms with E-state index in [-0.39, 0.29) is 0 Å². The van der Waals surface area contributed by atoms with Gasteiger partial charge in [-0.05, 0) is 34.5 Å². The third kappa shape index (κ3) is 2.66. The molecule has 2 rings (SSSR count). The molecular weight excluding hydrogens is 280 g/mol. The van der Waals surface area contributed by atoms with Crippen LogP contribution < -0.4 is 11.1 Å². The van der Waals surface area contributed by atoms with E-state index in [2.05, 4.69) is 38.1 Å². The molecule has 5 heteroatoms. The quantitative estimate of drug-likeness (QED) is 0.850. The van der Waals surface area contributed by atoms with Crippen LogP contribution >= 0.6 is 15.9 Å². The molecule has 1 aromatic heterocycles. The fourth-order valence-electron chi connectivity index (χ4n) is 1.67. The van der Waals surface area contributed by atoms with E-state index in [0.717, 1.165) is 40.6 Å². The molecule has 4 nitrogen and oxygen atoms in total. The van der Waals surface area contributed by atoms with E-state index < -0.39 is 0 Å². The normalized spacial score (nSPS) is 10.7. The van der Waals surface area contributed by atoms with Gasteiger partial charge in [0.05, 0.1) is 10.9 Å². The second-order valence-electron chi connectivity index (χ2n) is 3.84. The summed E-state index contributed by atoms with van der Waals surface area (Å²) in [5, 5.41) is 4.29. The van der Waals surface area contributed by atoms with Crippen molar-refractivity contribution in [3.05, 3.63) is 22.7 Å². The van der Waals surface area contributed by atoms with Crippen LogP contribution in [0.5, 0.6) is 0 Å². The van der Waals surface area contributed by atoms with Gasteiger partial charge in [-0.1, -0.05) is 19.4 Å². The van der Waals surface area contributed by atoms with E-state index in [9.17, 15) is 0 Å². The number of hydrogen-bond acceptors (Lipinski definition) is 4. The van der Waals surface area contributed by atoms with Crippen molar-refractivity contribution in [1.82, 2.24) is 9.97 Å². The van der Waals surface area contributed by atoms with Gasteiger partial charge in [0, 0.05) is 11.0 Å². The first-order valence-electron chi connectivity index (χ1n) is 5.68. The average Bonchev–Trinajstić information content (AvgIpc) is 2.28. The highest BCUT2D eigenvalue weighted by atomic mass is 79.9. The Morgan fingerprint density at radius 2 is 2.18 bits per heavy atom. The molecule has 0 bridgehead atoms. The Bertz CT molecular complexity index is 527. The van der Waals surface area contributed by atoms with Crippen LogP contribution in [0.4, 0.5) is 11.8 Å². The molecule has 0 radical (unpaired) electrons. The zero-order chi connectivity index (χ0) is 12.3. The number of nitrogens with one attached hydrogen (secondary N) is 1. The summed E-state index contributed by atoms with van der Waals surface area (Å²) >= 11 is 3.52. The number of nitrogens with two attached hydrogens (primary N) is 1. The van der Waals surface area contributed by atoms with E-state index in [4.69, 9.17) is 5.73 Å². The zero-order valence-electron chi connectivity index (χ0n) is 9.70. The van der Waals surface area contributed by atoms with Gasteiger partial charge in [0.1, 0.15) is 5.82 Å². The minimum atomic E-state index is 0.301. The largest absolute Gasteiger partial charge is 0.369 e. The van der Waals surface area contributed by atoms with Gasteiger partial charge in [-0.3, -0.25) is 0 Å². The van der Waals surface area contributed by atoms with Crippen LogP contribution in [0.3, 0.4) is 0 Å². The minimum Gasteiger partial charge on any atom is -0.369 e. The Balaban J connectivity index is 2.45. The van der Waals surface area contributed by atoms with E-state index >= 15 is 0 Å². The van der Waals surface area contributed by atoms with Crippen molar-refractivity contribution in [3.8, 4) is 0 Å². The number of nitrogens with zero attached hydrogens (tertiary/aromatic N) is 2. The summed E-state index contributed by atoms with van der Waals surface area (Å²) in [5.74, 6) is 1.10. The summed E-state index contributed by atoms with van der Waals surface area (Å²) in [6.07, 6.45) is 2.25. The Hall–Kier alpha value is -1.36. The molecule has 0 aliphatic carbocycles. The first kappa shape index (κ1) is 12.1. The van der Waals surface area contributed by atoms with Gasteiger partial charge in [-0.15, -0.1) is 0 Å². The Kier molecular flexibility index (Phi) is 3.78. The molecule has 90 valence electrons. The highest BCUT2D eigenvalue weighted by Crippen LogP contribution is 2.28. The van der Waals surface area contributed by atoms with Crippen molar-refractivity contribution in [2.45, 2.75) is 19.8 Å². The number of aromatic nitrogens is 2. The molecule has 1 aromatic carbocycles. The Morgan fingerprint density at radius 3 is 2.94 bits per heavy atom. The van der Waals surface area contributed by atoms with Gasteiger partial charge < -0.3 is 11.1 Å². The fourth-order valence-corrected chi connectivity index (χ4v) is 2.21. The highest BCUT2D eigenvalue weighted by Gasteiger charge is 2.08. The number of rotatable bonds is 4. The molecule has 0 spiro atoms. The molecule has 2 aromatic rings. The van der Waals surface area contributed by atoms with Crippen LogP contribution in [0.25, 0.3) is 10.9 Å². The predicted octanol–water partition coefficient (Wildman–Crippen LogP) is 3.19. The van der Waals surface area contributed by atoms with E-state index in [1.54, 1.807) is 0 Å². The van der Waals surface area contributed by atoms with E-state index in [1.807, 2.05) is 18.2 Å². The molecule has 0 aliphatic heterocycles. The van der Waals surface area contributed by atoms with Gasteiger partial charge in [-0.2, -0.15) is 4.98 Å². The second kappa shape index (κ2) is 5.31. The third-order valence-corrected chi connectivity index (χ3v) is 3.17. The SMILES string of the molecule is CCCCNc1nc(N)nc2cccc(Br)c12. The first-order chi connectivity index (χ1) is 8.22. The Morgan fingerprint density at radius 1 is 1.35 bits per heavy atom.